The highest BCUT2D eigenvalue weighted by atomic mass is 16.5. The summed E-state index contributed by atoms with van der Waals surface area (Å²) in [5, 5.41) is 10.5. The highest BCUT2D eigenvalue weighted by molar-refractivity contribution is 5.85. The molecule has 2 aromatic carbocycles. The van der Waals surface area contributed by atoms with Gasteiger partial charge in [0.2, 0.25) is 5.89 Å². The minimum atomic E-state index is -0.951. The van der Waals surface area contributed by atoms with Gasteiger partial charge in [0.05, 0.1) is 12.6 Å². The summed E-state index contributed by atoms with van der Waals surface area (Å²) in [6.45, 7) is 8.61. The molecule has 1 atom stereocenters. The van der Waals surface area contributed by atoms with E-state index in [0.29, 0.717) is 25.5 Å². The third-order valence-electron chi connectivity index (χ3n) is 5.64. The number of aromatic nitrogens is 2. The van der Waals surface area contributed by atoms with Crippen molar-refractivity contribution in [3.8, 4) is 17.2 Å². The van der Waals surface area contributed by atoms with Gasteiger partial charge in [0.25, 0.3) is 0 Å². The Hall–Kier alpha value is -3.58. The summed E-state index contributed by atoms with van der Waals surface area (Å²) < 4.78 is 19.2. The van der Waals surface area contributed by atoms with Crippen LogP contribution in [0.2, 0.25) is 0 Å². The zero-order valence-corrected chi connectivity index (χ0v) is 19.9. The average molecular weight is 463 g/mol. The fraction of sp³-hybridized carbons (Fsp3) is 0.333. The normalized spacial score (nSPS) is 12.4. The molecule has 0 aliphatic heterocycles. The number of carboxylic acid groups (broad SMARTS) is 1. The Morgan fingerprint density at radius 3 is 2.59 bits per heavy atom. The lowest BCUT2D eigenvalue weighted by Crippen LogP contribution is -2.26. The molecule has 4 rings (SSSR count). The first-order chi connectivity index (χ1) is 16.4. The van der Waals surface area contributed by atoms with Crippen LogP contribution in [-0.2, 0) is 22.5 Å². The number of hydrogen-bond acceptors (Lipinski definition) is 5. The third-order valence-corrected chi connectivity index (χ3v) is 5.64. The van der Waals surface area contributed by atoms with Gasteiger partial charge in [0, 0.05) is 35.7 Å². The fourth-order valence-corrected chi connectivity index (χ4v) is 4.03. The Balaban J connectivity index is 1.56. The molecule has 0 saturated carbocycles. The lowest BCUT2D eigenvalue weighted by molar-refractivity contribution is -0.149. The lowest BCUT2D eigenvalue weighted by Gasteiger charge is -2.13. The van der Waals surface area contributed by atoms with Gasteiger partial charge in [-0.15, -0.1) is 0 Å². The number of carboxylic acids is 1. The number of benzene rings is 2. The van der Waals surface area contributed by atoms with Crippen LogP contribution in [0.5, 0.6) is 5.75 Å². The number of nitrogens with zero attached hydrogens (tertiary/aromatic N) is 2. The van der Waals surface area contributed by atoms with Crippen LogP contribution in [-0.4, -0.2) is 39.4 Å². The van der Waals surface area contributed by atoms with Crippen LogP contribution >= 0.6 is 0 Å². The molecular weight excluding hydrogens is 432 g/mol. The van der Waals surface area contributed by atoms with E-state index in [1.807, 2.05) is 75.5 Å². The number of oxazole rings is 1. The van der Waals surface area contributed by atoms with Crippen molar-refractivity contribution in [2.75, 3.05) is 6.61 Å². The van der Waals surface area contributed by atoms with Crippen molar-refractivity contribution < 1.29 is 23.8 Å². The van der Waals surface area contributed by atoms with Crippen molar-refractivity contribution >= 4 is 16.9 Å². The SMILES string of the molecule is CCOC(Cc1cccc2c1ccn2Cc1nc(-c2ccc(OC(C)C)cc2)oc1C)C(=O)O. The molecule has 178 valence electrons. The van der Waals surface area contributed by atoms with E-state index in [0.717, 1.165) is 39.2 Å². The number of fused-ring (bicyclic) bond motifs is 1. The first-order valence-electron chi connectivity index (χ1n) is 11.5. The van der Waals surface area contributed by atoms with Crippen LogP contribution in [0.25, 0.3) is 22.4 Å². The standard InChI is InChI=1S/C27H30N2O5/c1-5-32-25(27(30)31)15-20-7-6-8-24-22(20)13-14-29(24)16-23-18(4)34-26(28-23)19-9-11-21(12-10-19)33-17(2)3/h6-14,17,25H,5,15-16H2,1-4H3,(H,30,31). The quantitative estimate of drug-likeness (QED) is 0.336. The summed E-state index contributed by atoms with van der Waals surface area (Å²) in [5.74, 6) is 1.19. The molecule has 0 saturated heterocycles. The smallest absolute Gasteiger partial charge is 0.333 e. The van der Waals surface area contributed by atoms with Gasteiger partial charge in [-0.05, 0) is 69.7 Å². The average Bonchev–Trinajstić information content (AvgIpc) is 3.38. The molecule has 7 heteroatoms. The molecule has 0 bridgehead atoms. The van der Waals surface area contributed by atoms with Crippen LogP contribution in [0.15, 0.2) is 59.1 Å². The van der Waals surface area contributed by atoms with E-state index < -0.39 is 12.1 Å². The largest absolute Gasteiger partial charge is 0.491 e. The molecule has 0 spiro atoms. The number of aliphatic carboxylic acids is 1. The van der Waals surface area contributed by atoms with Crippen LogP contribution in [0.4, 0.5) is 0 Å². The van der Waals surface area contributed by atoms with Crippen LogP contribution in [0.1, 0.15) is 37.8 Å². The Labute approximate surface area is 198 Å². The van der Waals surface area contributed by atoms with Crippen LogP contribution in [0.3, 0.4) is 0 Å². The minimum Gasteiger partial charge on any atom is -0.491 e. The van der Waals surface area contributed by atoms with E-state index in [9.17, 15) is 9.90 Å². The maximum atomic E-state index is 11.5. The number of hydrogen-bond donors (Lipinski definition) is 1. The van der Waals surface area contributed by atoms with Gasteiger partial charge in [-0.3, -0.25) is 0 Å². The van der Waals surface area contributed by atoms with Gasteiger partial charge < -0.3 is 23.6 Å². The van der Waals surface area contributed by atoms with E-state index in [2.05, 4.69) is 4.57 Å². The summed E-state index contributed by atoms with van der Waals surface area (Å²) in [5.41, 5.74) is 3.69. The maximum Gasteiger partial charge on any atom is 0.333 e. The van der Waals surface area contributed by atoms with Gasteiger partial charge in [-0.1, -0.05) is 12.1 Å². The van der Waals surface area contributed by atoms with E-state index in [1.54, 1.807) is 6.92 Å². The zero-order chi connectivity index (χ0) is 24.2. The molecule has 0 aliphatic rings. The molecule has 34 heavy (non-hydrogen) atoms. The van der Waals surface area contributed by atoms with Gasteiger partial charge in [0.15, 0.2) is 6.10 Å². The minimum absolute atomic E-state index is 0.118. The number of carbonyl (C=O) groups is 1. The second-order valence-electron chi connectivity index (χ2n) is 8.49. The van der Waals surface area contributed by atoms with E-state index in [4.69, 9.17) is 18.9 Å². The van der Waals surface area contributed by atoms with E-state index in [-0.39, 0.29) is 6.10 Å². The van der Waals surface area contributed by atoms with Crippen molar-refractivity contribution in [2.24, 2.45) is 0 Å². The topological polar surface area (TPSA) is 86.7 Å². The van der Waals surface area contributed by atoms with Gasteiger partial charge in [0.1, 0.15) is 17.2 Å². The molecule has 4 aromatic rings. The molecular formula is C27H30N2O5. The lowest BCUT2D eigenvalue weighted by atomic mass is 10.0. The Bertz CT molecular complexity index is 1270. The number of ether oxygens (including phenoxy) is 2. The summed E-state index contributed by atoms with van der Waals surface area (Å²) in [6.07, 6.45) is 1.56. The summed E-state index contributed by atoms with van der Waals surface area (Å²) >= 11 is 0. The van der Waals surface area contributed by atoms with Crippen LogP contribution in [0, 0.1) is 6.92 Å². The number of aryl methyl sites for hydroxylation is 1. The Morgan fingerprint density at radius 2 is 1.91 bits per heavy atom. The first kappa shape index (κ1) is 23.6. The van der Waals surface area contributed by atoms with Gasteiger partial charge in [-0.2, -0.15) is 0 Å². The van der Waals surface area contributed by atoms with Crippen molar-refractivity contribution in [3.05, 3.63) is 71.7 Å². The van der Waals surface area contributed by atoms with Gasteiger partial charge >= 0.3 is 5.97 Å². The van der Waals surface area contributed by atoms with E-state index in [1.165, 1.54) is 0 Å². The highest BCUT2D eigenvalue weighted by Crippen LogP contribution is 2.27. The molecule has 0 aliphatic carbocycles. The third kappa shape index (κ3) is 5.15. The van der Waals surface area contributed by atoms with Crippen molar-refractivity contribution in [1.82, 2.24) is 9.55 Å². The molecule has 1 N–H and O–H groups in total. The summed E-state index contributed by atoms with van der Waals surface area (Å²) in [7, 11) is 0. The molecule has 2 aromatic heterocycles. The predicted octanol–water partition coefficient (Wildman–Crippen LogP) is 5.47. The molecule has 0 fully saturated rings. The first-order valence-corrected chi connectivity index (χ1v) is 11.5. The summed E-state index contributed by atoms with van der Waals surface area (Å²) in [6, 6.07) is 15.7. The molecule has 0 radical (unpaired) electrons. The maximum absolute atomic E-state index is 11.5. The van der Waals surface area contributed by atoms with Crippen LogP contribution < -0.4 is 4.74 Å². The van der Waals surface area contributed by atoms with Crippen molar-refractivity contribution in [3.63, 3.8) is 0 Å². The molecule has 7 nitrogen and oxygen atoms in total. The zero-order valence-electron chi connectivity index (χ0n) is 19.9. The van der Waals surface area contributed by atoms with Gasteiger partial charge in [-0.25, -0.2) is 9.78 Å². The number of rotatable bonds is 10. The molecule has 2 heterocycles. The molecule has 0 amide bonds. The Kier molecular flexibility index (Phi) is 7.03. The summed E-state index contributed by atoms with van der Waals surface area (Å²) in [4.78, 5) is 16.3. The monoisotopic (exact) mass is 462 g/mol. The second-order valence-corrected chi connectivity index (χ2v) is 8.49. The van der Waals surface area contributed by atoms with Crippen molar-refractivity contribution in [2.45, 2.75) is 52.9 Å². The second kappa shape index (κ2) is 10.1. The van der Waals surface area contributed by atoms with E-state index >= 15 is 0 Å². The highest BCUT2D eigenvalue weighted by Gasteiger charge is 2.20. The predicted molar refractivity (Wildman–Crippen MR) is 130 cm³/mol. The molecule has 1 unspecified atom stereocenters. The Morgan fingerprint density at radius 1 is 1.15 bits per heavy atom. The van der Waals surface area contributed by atoms with Crippen molar-refractivity contribution in [1.29, 1.82) is 0 Å². The fourth-order valence-electron chi connectivity index (χ4n) is 4.03.